The normalized spacial score (nSPS) is 29.0. The number of hydrogen-bond acceptors (Lipinski definition) is 5. The van der Waals surface area contributed by atoms with Crippen LogP contribution in [0.4, 0.5) is 0 Å². The van der Waals surface area contributed by atoms with Crippen molar-refractivity contribution >= 4 is 26.0 Å². The van der Waals surface area contributed by atoms with Crippen molar-refractivity contribution in [2.75, 3.05) is 6.26 Å². The van der Waals surface area contributed by atoms with Crippen molar-refractivity contribution in [1.82, 2.24) is 0 Å². The lowest BCUT2D eigenvalue weighted by Gasteiger charge is -2.32. The van der Waals surface area contributed by atoms with Crippen LogP contribution in [0.25, 0.3) is 0 Å². The smallest absolute Gasteiger partial charge is 0.400 e. The highest BCUT2D eigenvalue weighted by atomic mass is 32.2. The molecule has 4 nitrogen and oxygen atoms in total. The summed E-state index contributed by atoms with van der Waals surface area (Å²) in [4.78, 5) is 1.03. The van der Waals surface area contributed by atoms with E-state index in [0.29, 0.717) is 0 Å². The lowest BCUT2D eigenvalue weighted by atomic mass is 9.72. The van der Waals surface area contributed by atoms with Crippen LogP contribution in [0.3, 0.4) is 0 Å². The van der Waals surface area contributed by atoms with E-state index < -0.39 is 0 Å². The van der Waals surface area contributed by atoms with Crippen molar-refractivity contribution in [1.29, 1.82) is 0 Å². The number of rotatable bonds is 3. The average Bonchev–Trinajstić information content (AvgIpc) is 2.70. The monoisotopic (exact) mass is 340 g/mol. The first-order valence-corrected chi connectivity index (χ1v) is 9.42. The minimum atomic E-state index is -0.381. The molecule has 0 bridgehead atoms. The van der Waals surface area contributed by atoms with Gasteiger partial charge in [0, 0.05) is 4.80 Å². The first kappa shape index (κ1) is 19.4. The van der Waals surface area contributed by atoms with Crippen LogP contribution in [0.15, 0.2) is 10.3 Å². The minimum absolute atomic E-state index is 0.349. The molecule has 0 atom stereocenters. The van der Waals surface area contributed by atoms with Gasteiger partial charge >= 0.3 is 14.2 Å². The largest absolute Gasteiger partial charge is 0.500 e. The Labute approximate surface area is 146 Å². The molecule has 130 valence electrons. The summed E-state index contributed by atoms with van der Waals surface area (Å²) in [7, 11) is -0.754. The lowest BCUT2D eigenvalue weighted by Crippen LogP contribution is -2.41. The molecule has 2 aliphatic heterocycles. The van der Waals surface area contributed by atoms with Gasteiger partial charge < -0.3 is 18.6 Å². The maximum absolute atomic E-state index is 6.19. The van der Waals surface area contributed by atoms with Gasteiger partial charge in [0.1, 0.15) is 0 Å². The molecule has 2 aliphatic rings. The van der Waals surface area contributed by atoms with Crippen LogP contribution >= 0.6 is 11.8 Å². The van der Waals surface area contributed by atoms with E-state index in [1.165, 1.54) is 0 Å². The Balaban J connectivity index is 2.29. The Morgan fingerprint density at radius 1 is 0.652 bits per heavy atom. The number of allylic oxidation sites excluding steroid dienone is 1. The van der Waals surface area contributed by atoms with Gasteiger partial charge in [-0.15, -0.1) is 11.8 Å². The molecular weight excluding hydrogens is 310 g/mol. The fraction of sp³-hybridized carbons (Fsp3) is 0.875. The Morgan fingerprint density at radius 3 is 1.26 bits per heavy atom. The third-order valence-electron chi connectivity index (χ3n) is 5.68. The summed E-state index contributed by atoms with van der Waals surface area (Å²) in [6, 6.07) is 0. The molecule has 2 rings (SSSR count). The summed E-state index contributed by atoms with van der Waals surface area (Å²) < 4.78 is 24.7. The quantitative estimate of drug-likeness (QED) is 0.729. The maximum atomic E-state index is 6.19. The highest BCUT2D eigenvalue weighted by Gasteiger charge is 2.56. The Morgan fingerprint density at radius 2 is 0.957 bits per heavy atom. The van der Waals surface area contributed by atoms with E-state index in [1.54, 1.807) is 11.8 Å². The number of thioether (sulfide) groups is 1. The van der Waals surface area contributed by atoms with Crippen molar-refractivity contribution in [3.8, 4) is 0 Å². The molecule has 0 saturated carbocycles. The summed E-state index contributed by atoms with van der Waals surface area (Å²) in [5.74, 6) is 0. The molecule has 0 radical (unpaired) electrons. The zero-order valence-corrected chi connectivity index (χ0v) is 17.0. The SMILES string of the molecule is CS/C(B1OC(C)(C)C(C)(C)O1)=C(/C)B1OC(C)(C)C(C)(C)O1. The van der Waals surface area contributed by atoms with Crippen LogP contribution in [0.5, 0.6) is 0 Å². The van der Waals surface area contributed by atoms with E-state index in [4.69, 9.17) is 18.6 Å². The molecule has 0 N–H and O–H groups in total. The molecule has 0 amide bonds. The predicted octanol–water partition coefficient (Wildman–Crippen LogP) is 3.89. The lowest BCUT2D eigenvalue weighted by molar-refractivity contribution is 0.00578. The highest BCUT2D eigenvalue weighted by molar-refractivity contribution is 8.04. The van der Waals surface area contributed by atoms with Gasteiger partial charge in [-0.25, -0.2) is 0 Å². The molecule has 0 aromatic rings. The minimum Gasteiger partial charge on any atom is -0.400 e. The van der Waals surface area contributed by atoms with Gasteiger partial charge in [-0.1, -0.05) is 0 Å². The van der Waals surface area contributed by atoms with Gasteiger partial charge in [-0.05, 0) is 74.0 Å². The van der Waals surface area contributed by atoms with E-state index in [9.17, 15) is 0 Å². The van der Waals surface area contributed by atoms with Crippen LogP contribution in [-0.4, -0.2) is 42.9 Å². The van der Waals surface area contributed by atoms with Crippen LogP contribution in [0.1, 0.15) is 62.3 Å². The van der Waals surface area contributed by atoms with Crippen molar-refractivity contribution < 1.29 is 18.6 Å². The molecule has 23 heavy (non-hydrogen) atoms. The van der Waals surface area contributed by atoms with E-state index in [1.807, 2.05) is 13.2 Å². The third kappa shape index (κ3) is 3.28. The molecular formula is C16H30B2O4S. The van der Waals surface area contributed by atoms with Crippen LogP contribution in [0.2, 0.25) is 0 Å². The summed E-state index contributed by atoms with van der Waals surface area (Å²) >= 11 is 1.63. The van der Waals surface area contributed by atoms with Crippen LogP contribution in [0, 0.1) is 0 Å². The molecule has 0 spiro atoms. The van der Waals surface area contributed by atoms with E-state index >= 15 is 0 Å². The molecule has 2 heterocycles. The molecule has 0 unspecified atom stereocenters. The van der Waals surface area contributed by atoms with Crippen molar-refractivity contribution in [2.24, 2.45) is 0 Å². The van der Waals surface area contributed by atoms with E-state index in [-0.39, 0.29) is 36.6 Å². The molecule has 7 heteroatoms. The second kappa shape index (κ2) is 5.80. The number of hydrogen-bond donors (Lipinski definition) is 0. The van der Waals surface area contributed by atoms with E-state index in [0.717, 1.165) is 10.3 Å². The molecule has 0 aromatic carbocycles. The zero-order valence-electron chi connectivity index (χ0n) is 16.2. The predicted molar refractivity (Wildman–Crippen MR) is 98.4 cm³/mol. The highest BCUT2D eigenvalue weighted by Crippen LogP contribution is 2.43. The summed E-state index contributed by atoms with van der Waals surface area (Å²) in [5, 5.41) is 0. The third-order valence-corrected chi connectivity index (χ3v) is 6.64. The van der Waals surface area contributed by atoms with Gasteiger partial charge in [0.15, 0.2) is 0 Å². The second-order valence-electron chi connectivity index (χ2n) is 8.43. The van der Waals surface area contributed by atoms with E-state index in [2.05, 4.69) is 55.4 Å². The molecule has 0 aliphatic carbocycles. The fourth-order valence-corrected chi connectivity index (χ4v) is 3.24. The Hall–Kier alpha value is 0.0599. The van der Waals surface area contributed by atoms with Gasteiger partial charge in [-0.2, -0.15) is 0 Å². The van der Waals surface area contributed by atoms with Gasteiger partial charge in [0.25, 0.3) is 0 Å². The second-order valence-corrected chi connectivity index (χ2v) is 9.28. The van der Waals surface area contributed by atoms with Crippen LogP contribution < -0.4 is 0 Å². The summed E-state index contributed by atoms with van der Waals surface area (Å²) in [6.07, 6.45) is 2.04. The first-order chi connectivity index (χ1) is 10.2. The van der Waals surface area contributed by atoms with Crippen LogP contribution in [-0.2, 0) is 18.6 Å². The molecule has 2 saturated heterocycles. The van der Waals surface area contributed by atoms with Crippen molar-refractivity contribution in [3.05, 3.63) is 10.3 Å². The Bertz CT molecular complexity index is 482. The topological polar surface area (TPSA) is 36.9 Å². The van der Waals surface area contributed by atoms with Gasteiger partial charge in [0.05, 0.1) is 22.4 Å². The summed E-state index contributed by atoms with van der Waals surface area (Å²) in [6.45, 7) is 18.6. The first-order valence-electron chi connectivity index (χ1n) is 8.20. The van der Waals surface area contributed by atoms with Gasteiger partial charge in [0.2, 0.25) is 0 Å². The molecule has 2 fully saturated rings. The molecule has 0 aromatic heterocycles. The zero-order chi connectivity index (χ0) is 17.8. The van der Waals surface area contributed by atoms with Crippen molar-refractivity contribution in [2.45, 2.75) is 84.7 Å². The van der Waals surface area contributed by atoms with Crippen molar-refractivity contribution in [3.63, 3.8) is 0 Å². The fourth-order valence-electron chi connectivity index (χ4n) is 2.53. The standard InChI is InChI=1S/C16H30B2O4S/c1-11(17-19-13(2,3)14(4,5)20-17)12(23-10)18-21-15(6,7)16(8,9)22-18/h1-10H3/b12-11-. The average molecular weight is 340 g/mol. The summed E-state index contributed by atoms with van der Waals surface area (Å²) in [5.41, 5.74) is -0.379. The maximum Gasteiger partial charge on any atom is 0.500 e. The Kier molecular flexibility index (Phi) is 4.89. The van der Waals surface area contributed by atoms with Gasteiger partial charge in [-0.3, -0.25) is 0 Å².